The molecular formula is C21H15N3O4. The Hall–Kier alpha value is -3.87. The molecule has 138 valence electrons. The Kier molecular flexibility index (Phi) is 4.19. The second-order valence-corrected chi connectivity index (χ2v) is 6.42. The van der Waals surface area contributed by atoms with E-state index in [4.69, 9.17) is 0 Å². The number of carbonyl (C=O) groups is 2. The van der Waals surface area contributed by atoms with Crippen molar-refractivity contribution in [3.8, 4) is 0 Å². The molecule has 4 rings (SSSR count). The van der Waals surface area contributed by atoms with Crippen molar-refractivity contribution in [1.29, 1.82) is 0 Å². The SMILES string of the molecule is CCc1ccc(/C=N/N2C(=O)c3cccc4cc([N+](=O)[O-])cc(c34)C2=O)cc1. The number of carbonyl (C=O) groups excluding carboxylic acids is 2. The summed E-state index contributed by atoms with van der Waals surface area (Å²) in [5.74, 6) is -1.24. The smallest absolute Gasteiger partial charge is 0.267 e. The van der Waals surface area contributed by atoms with E-state index in [1.165, 1.54) is 18.3 Å². The van der Waals surface area contributed by atoms with E-state index in [0.717, 1.165) is 22.6 Å². The van der Waals surface area contributed by atoms with E-state index in [1.54, 1.807) is 18.2 Å². The molecule has 1 heterocycles. The molecule has 7 heteroatoms. The van der Waals surface area contributed by atoms with Gasteiger partial charge in [0.05, 0.1) is 22.3 Å². The van der Waals surface area contributed by atoms with Crippen LogP contribution in [0.5, 0.6) is 0 Å². The fourth-order valence-corrected chi connectivity index (χ4v) is 3.25. The Morgan fingerprint density at radius 3 is 2.43 bits per heavy atom. The highest BCUT2D eigenvalue weighted by molar-refractivity contribution is 6.25. The summed E-state index contributed by atoms with van der Waals surface area (Å²) in [7, 11) is 0. The first-order valence-electron chi connectivity index (χ1n) is 8.72. The Bertz CT molecular complexity index is 1170. The third-order valence-corrected chi connectivity index (χ3v) is 4.73. The molecule has 0 bridgehead atoms. The van der Waals surface area contributed by atoms with Crippen molar-refractivity contribution in [2.75, 3.05) is 0 Å². The van der Waals surface area contributed by atoms with Gasteiger partial charge in [0.15, 0.2) is 0 Å². The van der Waals surface area contributed by atoms with Crippen molar-refractivity contribution in [1.82, 2.24) is 5.01 Å². The van der Waals surface area contributed by atoms with Gasteiger partial charge in [0.2, 0.25) is 0 Å². The van der Waals surface area contributed by atoms with Crippen molar-refractivity contribution >= 4 is 34.5 Å². The van der Waals surface area contributed by atoms with Gasteiger partial charge < -0.3 is 0 Å². The van der Waals surface area contributed by atoms with Crippen molar-refractivity contribution in [3.63, 3.8) is 0 Å². The van der Waals surface area contributed by atoms with Crippen molar-refractivity contribution in [3.05, 3.63) is 87.0 Å². The number of benzene rings is 3. The average molecular weight is 373 g/mol. The van der Waals surface area contributed by atoms with Crippen LogP contribution in [-0.4, -0.2) is 28.0 Å². The largest absolute Gasteiger partial charge is 0.282 e. The van der Waals surface area contributed by atoms with Gasteiger partial charge in [0.25, 0.3) is 17.5 Å². The predicted molar refractivity (Wildman–Crippen MR) is 105 cm³/mol. The normalized spacial score (nSPS) is 13.5. The topological polar surface area (TPSA) is 92.9 Å². The van der Waals surface area contributed by atoms with E-state index < -0.39 is 16.7 Å². The summed E-state index contributed by atoms with van der Waals surface area (Å²) in [6, 6.07) is 15.0. The number of hydrazone groups is 1. The molecule has 1 aliphatic rings. The number of amides is 2. The number of rotatable bonds is 4. The standard InChI is InChI=1S/C21H15N3O4/c1-2-13-6-8-14(9-7-13)12-22-23-20(25)17-5-3-4-15-10-16(24(27)28)11-18(19(15)17)21(23)26/h3-12H,2H2,1H3/b22-12+. The van der Waals surface area contributed by atoms with Crippen LogP contribution >= 0.6 is 0 Å². The van der Waals surface area contributed by atoms with Gasteiger partial charge in [0, 0.05) is 17.5 Å². The van der Waals surface area contributed by atoms with Gasteiger partial charge in [-0.05, 0) is 29.0 Å². The van der Waals surface area contributed by atoms with Crippen LogP contribution in [0.4, 0.5) is 5.69 Å². The van der Waals surface area contributed by atoms with E-state index in [1.807, 2.05) is 31.2 Å². The van der Waals surface area contributed by atoms with Crippen LogP contribution in [0.15, 0.2) is 59.7 Å². The molecule has 0 saturated heterocycles. The molecule has 2 amide bonds. The molecule has 3 aromatic carbocycles. The quantitative estimate of drug-likeness (QED) is 0.300. The fraction of sp³-hybridized carbons (Fsp3) is 0.0952. The lowest BCUT2D eigenvalue weighted by molar-refractivity contribution is -0.384. The lowest BCUT2D eigenvalue weighted by Gasteiger charge is -2.22. The van der Waals surface area contributed by atoms with Gasteiger partial charge >= 0.3 is 0 Å². The molecule has 0 N–H and O–H groups in total. The number of imide groups is 1. The molecule has 7 nitrogen and oxygen atoms in total. The summed E-state index contributed by atoms with van der Waals surface area (Å²) in [5.41, 5.74) is 2.08. The Morgan fingerprint density at radius 1 is 1.04 bits per heavy atom. The summed E-state index contributed by atoms with van der Waals surface area (Å²) in [6.45, 7) is 2.05. The van der Waals surface area contributed by atoms with Gasteiger partial charge in [-0.1, -0.05) is 43.3 Å². The second kappa shape index (κ2) is 6.70. The highest BCUT2D eigenvalue weighted by Crippen LogP contribution is 2.33. The fourth-order valence-electron chi connectivity index (χ4n) is 3.25. The molecule has 0 aromatic heterocycles. The molecule has 0 fully saturated rings. The molecule has 0 unspecified atom stereocenters. The predicted octanol–water partition coefficient (Wildman–Crippen LogP) is 3.94. The van der Waals surface area contributed by atoms with Gasteiger partial charge in [-0.3, -0.25) is 19.7 Å². The number of hydrogen-bond donors (Lipinski definition) is 0. The van der Waals surface area contributed by atoms with Gasteiger partial charge in [0.1, 0.15) is 0 Å². The lowest BCUT2D eigenvalue weighted by atomic mass is 9.94. The van der Waals surface area contributed by atoms with Crippen LogP contribution in [0.25, 0.3) is 10.8 Å². The number of hydrogen-bond acceptors (Lipinski definition) is 5. The zero-order chi connectivity index (χ0) is 19.8. The van der Waals surface area contributed by atoms with Gasteiger partial charge in [-0.15, -0.1) is 0 Å². The minimum atomic E-state index is -0.682. The molecule has 28 heavy (non-hydrogen) atoms. The lowest BCUT2D eigenvalue weighted by Crippen LogP contribution is -2.36. The number of nitro groups is 1. The summed E-state index contributed by atoms with van der Waals surface area (Å²) in [5, 5.41) is 16.9. The van der Waals surface area contributed by atoms with Crippen LogP contribution in [-0.2, 0) is 6.42 Å². The average Bonchev–Trinajstić information content (AvgIpc) is 2.71. The van der Waals surface area contributed by atoms with Gasteiger partial charge in [-0.25, -0.2) is 0 Å². The zero-order valence-corrected chi connectivity index (χ0v) is 15.0. The molecule has 1 aliphatic heterocycles. The molecule has 3 aromatic rings. The summed E-state index contributed by atoms with van der Waals surface area (Å²) < 4.78 is 0. The third kappa shape index (κ3) is 2.83. The molecule has 0 radical (unpaired) electrons. The van der Waals surface area contributed by atoms with E-state index >= 15 is 0 Å². The summed E-state index contributed by atoms with van der Waals surface area (Å²) >= 11 is 0. The monoisotopic (exact) mass is 373 g/mol. The van der Waals surface area contributed by atoms with Crippen LogP contribution < -0.4 is 0 Å². The van der Waals surface area contributed by atoms with E-state index in [-0.39, 0.29) is 11.3 Å². The van der Waals surface area contributed by atoms with Crippen LogP contribution in [0.1, 0.15) is 38.8 Å². The number of nitro benzene ring substituents is 1. The maximum Gasteiger partial charge on any atom is 0.282 e. The first-order chi connectivity index (χ1) is 13.5. The Balaban J connectivity index is 1.78. The van der Waals surface area contributed by atoms with E-state index in [0.29, 0.717) is 16.3 Å². The maximum atomic E-state index is 12.9. The van der Waals surface area contributed by atoms with Crippen molar-refractivity contribution in [2.24, 2.45) is 5.10 Å². The first-order valence-corrected chi connectivity index (χ1v) is 8.72. The van der Waals surface area contributed by atoms with E-state index in [9.17, 15) is 19.7 Å². The number of aryl methyl sites for hydroxylation is 1. The molecule has 0 saturated carbocycles. The number of non-ortho nitro benzene ring substituents is 1. The van der Waals surface area contributed by atoms with Crippen molar-refractivity contribution < 1.29 is 14.5 Å². The van der Waals surface area contributed by atoms with Crippen LogP contribution in [0.3, 0.4) is 0 Å². The summed E-state index contributed by atoms with van der Waals surface area (Å²) in [6.07, 6.45) is 2.33. The molecule has 0 atom stereocenters. The summed E-state index contributed by atoms with van der Waals surface area (Å²) in [4.78, 5) is 36.3. The third-order valence-electron chi connectivity index (χ3n) is 4.73. The first kappa shape index (κ1) is 17.5. The molecular weight excluding hydrogens is 358 g/mol. The highest BCUT2D eigenvalue weighted by Gasteiger charge is 2.34. The minimum absolute atomic E-state index is 0.0953. The van der Waals surface area contributed by atoms with Crippen molar-refractivity contribution in [2.45, 2.75) is 13.3 Å². The Labute approximate surface area is 160 Å². The van der Waals surface area contributed by atoms with Gasteiger partial charge in [-0.2, -0.15) is 10.1 Å². The highest BCUT2D eigenvalue weighted by atomic mass is 16.6. The second-order valence-electron chi connectivity index (χ2n) is 6.42. The zero-order valence-electron chi connectivity index (χ0n) is 15.0. The maximum absolute atomic E-state index is 12.9. The Morgan fingerprint density at radius 2 is 1.75 bits per heavy atom. The van der Waals surface area contributed by atoms with Crippen LogP contribution in [0.2, 0.25) is 0 Å². The minimum Gasteiger partial charge on any atom is -0.267 e. The van der Waals surface area contributed by atoms with Crippen LogP contribution in [0, 0.1) is 10.1 Å². The van der Waals surface area contributed by atoms with E-state index in [2.05, 4.69) is 5.10 Å². The molecule has 0 aliphatic carbocycles. The molecule has 0 spiro atoms. The number of nitrogens with zero attached hydrogens (tertiary/aromatic N) is 3.